The number of hydrogen-bond donors (Lipinski definition) is 1. The molecule has 1 N–H and O–H groups in total. The molecule has 1 unspecified atom stereocenters. The standard InChI is InChI=1S/C19H15ClF2N2O4/c1-10-6-17(25)23-15-4-2-3-5-16(15)24(10)18(26)9-28-19(27)11-7-13(21)14(22)8-12(11)20/h2-5,7-8,10H,6,9H2,1H3,(H,23,25). The first-order chi connectivity index (χ1) is 13.3. The molecule has 146 valence electrons. The smallest absolute Gasteiger partial charge is 0.340 e. The third-order valence-electron chi connectivity index (χ3n) is 4.18. The van der Waals surface area contributed by atoms with Crippen molar-refractivity contribution in [2.45, 2.75) is 19.4 Å². The van der Waals surface area contributed by atoms with Gasteiger partial charge in [-0.2, -0.15) is 0 Å². The van der Waals surface area contributed by atoms with Crippen LogP contribution in [-0.4, -0.2) is 30.4 Å². The summed E-state index contributed by atoms with van der Waals surface area (Å²) in [5, 5.41) is 2.38. The molecule has 2 amide bonds. The number of halogens is 3. The van der Waals surface area contributed by atoms with Gasteiger partial charge in [-0.3, -0.25) is 9.59 Å². The highest BCUT2D eigenvalue weighted by Crippen LogP contribution is 2.31. The molecule has 1 atom stereocenters. The van der Waals surface area contributed by atoms with Crippen molar-refractivity contribution in [3.8, 4) is 0 Å². The number of anilines is 2. The normalized spacial score (nSPS) is 16.1. The van der Waals surface area contributed by atoms with Gasteiger partial charge in [0.15, 0.2) is 18.2 Å². The zero-order valence-electron chi connectivity index (χ0n) is 14.7. The van der Waals surface area contributed by atoms with Crippen molar-refractivity contribution in [3.63, 3.8) is 0 Å². The van der Waals surface area contributed by atoms with Crippen LogP contribution < -0.4 is 10.2 Å². The van der Waals surface area contributed by atoms with Gasteiger partial charge in [-0.1, -0.05) is 23.7 Å². The van der Waals surface area contributed by atoms with E-state index in [1.54, 1.807) is 31.2 Å². The molecule has 28 heavy (non-hydrogen) atoms. The molecule has 0 saturated heterocycles. The van der Waals surface area contributed by atoms with Crippen molar-refractivity contribution in [1.82, 2.24) is 0 Å². The molecule has 0 aromatic heterocycles. The fourth-order valence-electron chi connectivity index (χ4n) is 2.92. The van der Waals surface area contributed by atoms with Crippen molar-refractivity contribution in [2.75, 3.05) is 16.8 Å². The lowest BCUT2D eigenvalue weighted by molar-refractivity contribution is -0.122. The maximum absolute atomic E-state index is 13.4. The number of rotatable bonds is 3. The molecular formula is C19H15ClF2N2O4. The molecule has 0 radical (unpaired) electrons. The van der Waals surface area contributed by atoms with Gasteiger partial charge in [0.2, 0.25) is 5.91 Å². The van der Waals surface area contributed by atoms with Gasteiger partial charge >= 0.3 is 5.97 Å². The van der Waals surface area contributed by atoms with E-state index in [1.165, 1.54) is 4.90 Å². The van der Waals surface area contributed by atoms with Crippen molar-refractivity contribution in [2.24, 2.45) is 0 Å². The zero-order chi connectivity index (χ0) is 20.4. The van der Waals surface area contributed by atoms with Crippen LogP contribution >= 0.6 is 11.6 Å². The molecule has 1 heterocycles. The second-order valence-electron chi connectivity index (χ2n) is 6.20. The number of carbonyl (C=O) groups is 3. The summed E-state index contributed by atoms with van der Waals surface area (Å²) >= 11 is 5.74. The maximum atomic E-state index is 13.4. The Hall–Kier alpha value is -3.00. The predicted octanol–water partition coefficient (Wildman–Crippen LogP) is 3.54. The number of para-hydroxylation sites is 2. The second-order valence-corrected chi connectivity index (χ2v) is 6.61. The van der Waals surface area contributed by atoms with E-state index >= 15 is 0 Å². The predicted molar refractivity (Wildman–Crippen MR) is 98.3 cm³/mol. The van der Waals surface area contributed by atoms with E-state index in [9.17, 15) is 23.2 Å². The van der Waals surface area contributed by atoms with Crippen LogP contribution in [0.4, 0.5) is 20.2 Å². The zero-order valence-corrected chi connectivity index (χ0v) is 15.4. The minimum absolute atomic E-state index is 0.0589. The lowest BCUT2D eigenvalue weighted by atomic mass is 10.1. The molecule has 0 aliphatic carbocycles. The van der Waals surface area contributed by atoms with Gasteiger partial charge < -0.3 is 15.0 Å². The third-order valence-corrected chi connectivity index (χ3v) is 4.50. The van der Waals surface area contributed by atoms with Crippen LogP contribution in [0, 0.1) is 11.6 Å². The first-order valence-corrected chi connectivity index (χ1v) is 8.68. The highest BCUT2D eigenvalue weighted by molar-refractivity contribution is 6.33. The Bertz CT molecular complexity index is 967. The number of carbonyl (C=O) groups excluding carboxylic acids is 3. The lowest BCUT2D eigenvalue weighted by Gasteiger charge is -2.27. The van der Waals surface area contributed by atoms with Gasteiger partial charge in [0.1, 0.15) is 0 Å². The van der Waals surface area contributed by atoms with E-state index in [1.807, 2.05) is 0 Å². The molecule has 3 rings (SSSR count). The Balaban J connectivity index is 1.78. The first kappa shape index (κ1) is 19.8. The van der Waals surface area contributed by atoms with Gasteiger partial charge in [-0.25, -0.2) is 13.6 Å². The molecule has 1 aliphatic heterocycles. The fraction of sp³-hybridized carbons (Fsp3) is 0.211. The molecule has 0 saturated carbocycles. The van der Waals surface area contributed by atoms with Crippen molar-refractivity contribution < 1.29 is 27.9 Å². The minimum Gasteiger partial charge on any atom is -0.452 e. The van der Waals surface area contributed by atoms with E-state index < -0.39 is 41.7 Å². The van der Waals surface area contributed by atoms with Crippen LogP contribution in [-0.2, 0) is 14.3 Å². The second kappa shape index (κ2) is 7.93. The molecule has 0 bridgehead atoms. The maximum Gasteiger partial charge on any atom is 0.340 e. The lowest BCUT2D eigenvalue weighted by Crippen LogP contribution is -2.41. The van der Waals surface area contributed by atoms with Crippen LogP contribution in [0.25, 0.3) is 0 Å². The third kappa shape index (κ3) is 3.96. The average Bonchev–Trinajstić information content (AvgIpc) is 2.76. The van der Waals surface area contributed by atoms with Gasteiger partial charge in [-0.15, -0.1) is 0 Å². The molecule has 6 nitrogen and oxygen atoms in total. The summed E-state index contributed by atoms with van der Waals surface area (Å²) in [6.07, 6.45) is 0.0589. The molecule has 2 aromatic rings. The van der Waals surface area contributed by atoms with Crippen LogP contribution in [0.3, 0.4) is 0 Å². The van der Waals surface area contributed by atoms with Crippen LogP contribution in [0.5, 0.6) is 0 Å². The number of ether oxygens (including phenoxy) is 1. The molecule has 1 aliphatic rings. The van der Waals surface area contributed by atoms with Crippen molar-refractivity contribution in [1.29, 1.82) is 0 Å². The van der Waals surface area contributed by atoms with E-state index in [4.69, 9.17) is 16.3 Å². The Morgan fingerprint density at radius 1 is 1.25 bits per heavy atom. The fourth-order valence-corrected chi connectivity index (χ4v) is 3.15. The number of nitrogens with one attached hydrogen (secondary N) is 1. The highest BCUT2D eigenvalue weighted by atomic mass is 35.5. The summed E-state index contributed by atoms with van der Waals surface area (Å²) in [6.45, 7) is 1.02. The van der Waals surface area contributed by atoms with Crippen LogP contribution in [0.1, 0.15) is 23.7 Å². The highest BCUT2D eigenvalue weighted by Gasteiger charge is 2.30. The number of esters is 1. The van der Waals surface area contributed by atoms with Crippen molar-refractivity contribution >= 4 is 40.8 Å². The monoisotopic (exact) mass is 408 g/mol. The Labute approximate surface area is 164 Å². The molecule has 2 aromatic carbocycles. The van der Waals surface area contributed by atoms with Gasteiger partial charge in [0.05, 0.1) is 22.0 Å². The first-order valence-electron chi connectivity index (χ1n) is 8.30. The summed E-state index contributed by atoms with van der Waals surface area (Å²) in [6, 6.07) is 7.50. The Kier molecular flexibility index (Phi) is 5.60. The number of nitrogens with zero attached hydrogens (tertiary/aromatic N) is 1. The van der Waals surface area contributed by atoms with E-state index in [2.05, 4.69) is 5.32 Å². The van der Waals surface area contributed by atoms with E-state index in [-0.39, 0.29) is 17.4 Å². The molecule has 0 fully saturated rings. The number of benzene rings is 2. The van der Waals surface area contributed by atoms with Crippen LogP contribution in [0.2, 0.25) is 5.02 Å². The SMILES string of the molecule is CC1CC(=O)Nc2ccccc2N1C(=O)COC(=O)c1cc(F)c(F)cc1Cl. The summed E-state index contributed by atoms with van der Waals surface area (Å²) in [7, 11) is 0. The Morgan fingerprint density at radius 3 is 2.68 bits per heavy atom. The van der Waals surface area contributed by atoms with E-state index in [0.29, 0.717) is 23.5 Å². The van der Waals surface area contributed by atoms with Gasteiger partial charge in [-0.05, 0) is 31.2 Å². The number of fused-ring (bicyclic) bond motifs is 1. The molecular weight excluding hydrogens is 394 g/mol. The summed E-state index contributed by atoms with van der Waals surface area (Å²) in [4.78, 5) is 38.2. The Morgan fingerprint density at radius 2 is 1.93 bits per heavy atom. The molecule has 0 spiro atoms. The number of amides is 2. The largest absolute Gasteiger partial charge is 0.452 e. The van der Waals surface area contributed by atoms with Gasteiger partial charge in [0, 0.05) is 12.5 Å². The quantitative estimate of drug-likeness (QED) is 0.622. The average molecular weight is 409 g/mol. The summed E-state index contributed by atoms with van der Waals surface area (Å²) in [5.41, 5.74) is 0.530. The minimum atomic E-state index is -1.26. The topological polar surface area (TPSA) is 75.7 Å². The van der Waals surface area contributed by atoms with Crippen LogP contribution in [0.15, 0.2) is 36.4 Å². The number of hydrogen-bond acceptors (Lipinski definition) is 4. The molecule has 9 heteroatoms. The van der Waals surface area contributed by atoms with Gasteiger partial charge in [0.25, 0.3) is 5.91 Å². The summed E-state index contributed by atoms with van der Waals surface area (Å²) < 4.78 is 31.4. The van der Waals surface area contributed by atoms with E-state index in [0.717, 1.165) is 0 Å². The van der Waals surface area contributed by atoms with Crippen molar-refractivity contribution in [3.05, 3.63) is 58.6 Å². The summed E-state index contributed by atoms with van der Waals surface area (Å²) in [5.74, 6) is -4.36.